The van der Waals surface area contributed by atoms with Gasteiger partial charge in [-0.15, -0.1) is 0 Å². The third kappa shape index (κ3) is 6.44. The molecule has 196 valence electrons. The van der Waals surface area contributed by atoms with Crippen molar-refractivity contribution in [3.8, 4) is 16.9 Å². The molecule has 0 atom stereocenters. The number of ether oxygens (including phenoxy) is 1. The molecule has 0 aromatic heterocycles. The summed E-state index contributed by atoms with van der Waals surface area (Å²) in [5.41, 5.74) is 2.29. The van der Waals surface area contributed by atoms with Gasteiger partial charge in [0, 0.05) is 11.1 Å². The van der Waals surface area contributed by atoms with Gasteiger partial charge in [-0.05, 0) is 87.0 Å². The maximum atomic E-state index is 15.1. The van der Waals surface area contributed by atoms with Crippen LogP contribution in [0.3, 0.4) is 0 Å². The number of allylic oxidation sites excluding steroid dienone is 2. The molecule has 0 spiro atoms. The lowest BCUT2D eigenvalue weighted by molar-refractivity contribution is 0.295. The molecule has 0 saturated heterocycles. The molecule has 1 nitrogen and oxygen atoms in total. The first kappa shape index (κ1) is 27.0. The molecule has 0 N–H and O–H groups in total. The second-order valence-corrected chi connectivity index (χ2v) is 9.98. The monoisotopic (exact) mass is 510 g/mol. The van der Waals surface area contributed by atoms with Crippen molar-refractivity contribution < 1.29 is 22.3 Å². The van der Waals surface area contributed by atoms with Crippen LogP contribution < -0.4 is 4.74 Å². The smallest absolute Gasteiger partial charge is 0.201 e. The van der Waals surface area contributed by atoms with E-state index in [0.717, 1.165) is 38.5 Å². The Labute approximate surface area is 217 Å². The van der Waals surface area contributed by atoms with E-state index >= 15 is 8.78 Å². The molecule has 1 aliphatic rings. The summed E-state index contributed by atoms with van der Waals surface area (Å²) in [5.74, 6) is -4.44. The lowest BCUT2D eigenvalue weighted by Crippen LogP contribution is -2.14. The van der Waals surface area contributed by atoms with Gasteiger partial charge in [-0.3, -0.25) is 0 Å². The summed E-state index contributed by atoms with van der Waals surface area (Å²) in [7, 11) is 0. The van der Waals surface area contributed by atoms with Crippen molar-refractivity contribution in [1.82, 2.24) is 0 Å². The maximum Gasteiger partial charge on any atom is 0.201 e. The van der Waals surface area contributed by atoms with Gasteiger partial charge in [0.15, 0.2) is 23.2 Å². The summed E-state index contributed by atoms with van der Waals surface area (Å²) in [6.45, 7) is 4.16. The summed E-state index contributed by atoms with van der Waals surface area (Å²) in [6.07, 6.45) is 10.4. The van der Waals surface area contributed by atoms with Crippen molar-refractivity contribution >= 4 is 0 Å². The zero-order valence-corrected chi connectivity index (χ0v) is 21.5. The molecule has 5 heteroatoms. The topological polar surface area (TPSA) is 9.23 Å². The third-order valence-electron chi connectivity index (χ3n) is 7.25. The quantitative estimate of drug-likeness (QED) is 0.206. The maximum absolute atomic E-state index is 15.1. The molecular formula is C32H34F4O. The van der Waals surface area contributed by atoms with Crippen molar-refractivity contribution in [2.45, 2.75) is 64.7 Å². The van der Waals surface area contributed by atoms with Gasteiger partial charge in [-0.2, -0.15) is 4.39 Å². The Morgan fingerprint density at radius 1 is 0.784 bits per heavy atom. The van der Waals surface area contributed by atoms with Crippen molar-refractivity contribution in [2.75, 3.05) is 6.61 Å². The Kier molecular flexibility index (Phi) is 9.07. The Hall–Kier alpha value is -3.08. The van der Waals surface area contributed by atoms with Crippen LogP contribution in [0.1, 0.15) is 68.1 Å². The molecule has 3 aromatic carbocycles. The van der Waals surface area contributed by atoms with Crippen LogP contribution in [0.5, 0.6) is 5.75 Å². The van der Waals surface area contributed by atoms with Gasteiger partial charge in [0.25, 0.3) is 0 Å². The number of benzene rings is 3. The predicted octanol–water partition coefficient (Wildman–Crippen LogP) is 9.47. The van der Waals surface area contributed by atoms with Crippen molar-refractivity contribution in [3.63, 3.8) is 0 Å². The molecule has 1 fully saturated rings. The van der Waals surface area contributed by atoms with Crippen LogP contribution in [0, 0.1) is 36.1 Å². The fourth-order valence-electron chi connectivity index (χ4n) is 5.07. The van der Waals surface area contributed by atoms with Crippen LogP contribution in [0.2, 0.25) is 0 Å². The van der Waals surface area contributed by atoms with Crippen LogP contribution in [0.25, 0.3) is 11.1 Å². The second kappa shape index (κ2) is 12.4. The van der Waals surface area contributed by atoms with Gasteiger partial charge in [0.2, 0.25) is 5.82 Å². The lowest BCUT2D eigenvalue weighted by atomic mass is 9.78. The Balaban J connectivity index is 1.38. The van der Waals surface area contributed by atoms with Crippen LogP contribution in [-0.4, -0.2) is 6.61 Å². The van der Waals surface area contributed by atoms with Crippen LogP contribution in [-0.2, 0) is 6.42 Å². The Morgan fingerprint density at radius 2 is 1.43 bits per heavy atom. The minimum Gasteiger partial charge on any atom is -0.490 e. The van der Waals surface area contributed by atoms with E-state index in [2.05, 4.69) is 43.3 Å². The SMILES string of the molecule is CCCOc1ccc(-c2ccc(C3CCC(/C=C/CCc4ccc(C)cc4)CC3)c(F)c2F)c(F)c1F. The lowest BCUT2D eigenvalue weighted by Gasteiger charge is -2.27. The Bertz CT molecular complexity index is 1220. The van der Waals surface area contributed by atoms with E-state index in [1.165, 1.54) is 35.4 Å². The first-order valence-corrected chi connectivity index (χ1v) is 13.2. The highest BCUT2D eigenvalue weighted by Crippen LogP contribution is 2.40. The third-order valence-corrected chi connectivity index (χ3v) is 7.25. The highest BCUT2D eigenvalue weighted by atomic mass is 19.2. The van der Waals surface area contributed by atoms with Gasteiger partial charge in [0.05, 0.1) is 6.61 Å². The van der Waals surface area contributed by atoms with E-state index in [-0.39, 0.29) is 29.4 Å². The van der Waals surface area contributed by atoms with E-state index in [0.29, 0.717) is 17.9 Å². The van der Waals surface area contributed by atoms with Crippen LogP contribution in [0.15, 0.2) is 60.7 Å². The predicted molar refractivity (Wildman–Crippen MR) is 141 cm³/mol. The van der Waals surface area contributed by atoms with Crippen molar-refractivity contribution in [2.24, 2.45) is 5.92 Å². The van der Waals surface area contributed by atoms with Gasteiger partial charge in [-0.25, -0.2) is 13.2 Å². The standard InChI is InChI=1S/C32H34F4O/c1-3-20-37-28-19-18-27(31(35)32(28)36)26-17-16-25(29(33)30(26)34)24-14-12-23(13-15-24)7-5-4-6-22-10-8-21(2)9-11-22/h5,7-11,16-19,23-24H,3-4,6,12-15,20H2,1-2H3/b7-5+. The summed E-state index contributed by atoms with van der Waals surface area (Å²) in [5, 5.41) is 0. The number of rotatable bonds is 9. The average Bonchev–Trinajstić information content (AvgIpc) is 2.91. The molecule has 37 heavy (non-hydrogen) atoms. The van der Waals surface area contributed by atoms with Gasteiger partial charge in [0.1, 0.15) is 0 Å². The molecule has 1 saturated carbocycles. The molecule has 1 aliphatic carbocycles. The van der Waals surface area contributed by atoms with Crippen molar-refractivity contribution in [1.29, 1.82) is 0 Å². The summed E-state index contributed by atoms with van der Waals surface area (Å²) < 4.78 is 64.4. The molecule has 0 radical (unpaired) electrons. The van der Waals surface area contributed by atoms with Gasteiger partial charge in [-0.1, -0.05) is 61.0 Å². The molecule has 0 amide bonds. The zero-order chi connectivity index (χ0) is 26.4. The van der Waals surface area contributed by atoms with E-state index in [4.69, 9.17) is 4.74 Å². The van der Waals surface area contributed by atoms with E-state index in [1.54, 1.807) is 0 Å². The van der Waals surface area contributed by atoms with Crippen molar-refractivity contribution in [3.05, 3.63) is 101 Å². The average molecular weight is 511 g/mol. The minimum absolute atomic E-state index is 0.0906. The molecule has 3 aromatic rings. The highest BCUT2D eigenvalue weighted by Gasteiger charge is 2.27. The van der Waals surface area contributed by atoms with Gasteiger partial charge < -0.3 is 4.74 Å². The summed E-state index contributed by atoms with van der Waals surface area (Å²) in [4.78, 5) is 0. The minimum atomic E-state index is -1.24. The fraction of sp³-hybridized carbons (Fsp3) is 0.375. The van der Waals surface area contributed by atoms with Crippen LogP contribution >= 0.6 is 0 Å². The molecule has 0 bridgehead atoms. The first-order valence-electron chi connectivity index (χ1n) is 13.2. The van der Waals surface area contributed by atoms with Crippen LogP contribution in [0.4, 0.5) is 17.6 Å². The molecule has 4 rings (SSSR count). The molecule has 0 unspecified atom stereocenters. The van der Waals surface area contributed by atoms with E-state index < -0.39 is 23.3 Å². The normalized spacial score (nSPS) is 17.9. The second-order valence-electron chi connectivity index (χ2n) is 9.98. The first-order chi connectivity index (χ1) is 17.9. The van der Waals surface area contributed by atoms with E-state index in [1.807, 2.05) is 6.92 Å². The summed E-state index contributed by atoms with van der Waals surface area (Å²) in [6, 6.07) is 13.9. The number of halogens is 4. The number of hydrogen-bond donors (Lipinski definition) is 0. The largest absolute Gasteiger partial charge is 0.490 e. The number of hydrogen-bond acceptors (Lipinski definition) is 1. The highest BCUT2D eigenvalue weighted by molar-refractivity contribution is 5.66. The molecular weight excluding hydrogens is 476 g/mol. The summed E-state index contributed by atoms with van der Waals surface area (Å²) >= 11 is 0. The zero-order valence-electron chi connectivity index (χ0n) is 21.5. The van der Waals surface area contributed by atoms with E-state index in [9.17, 15) is 8.78 Å². The van der Waals surface area contributed by atoms with Gasteiger partial charge >= 0.3 is 0 Å². The molecule has 0 heterocycles. The molecule has 0 aliphatic heterocycles. The number of aryl methyl sites for hydroxylation is 2. The fourth-order valence-corrected chi connectivity index (χ4v) is 5.07. The Morgan fingerprint density at radius 3 is 2.11 bits per heavy atom.